The number of halogens is 1. The highest BCUT2D eigenvalue weighted by Gasteiger charge is 2.21. The molecule has 2 aromatic rings. The Kier molecular flexibility index (Phi) is 7.38. The third kappa shape index (κ3) is 5.78. The Hall–Kier alpha value is -2.96. The average molecular weight is 413 g/mol. The third-order valence-corrected chi connectivity index (χ3v) is 5.44. The molecule has 0 aliphatic carbocycles. The number of rotatable bonds is 2. The molecule has 2 amide bonds. The van der Waals surface area contributed by atoms with Gasteiger partial charge in [-0.25, -0.2) is 9.37 Å². The van der Waals surface area contributed by atoms with E-state index in [1.807, 2.05) is 25.2 Å². The molecular weight excluding hydrogens is 383 g/mol. The van der Waals surface area contributed by atoms with E-state index in [4.69, 9.17) is 4.98 Å². The van der Waals surface area contributed by atoms with E-state index in [-0.39, 0.29) is 24.8 Å². The van der Waals surface area contributed by atoms with E-state index in [0.717, 1.165) is 24.5 Å². The van der Waals surface area contributed by atoms with E-state index in [0.29, 0.717) is 31.5 Å². The molecule has 160 valence electrons. The maximum Gasteiger partial charge on any atom is 0.241 e. The third-order valence-electron chi connectivity index (χ3n) is 5.44. The molecule has 2 bridgehead atoms. The summed E-state index contributed by atoms with van der Waals surface area (Å²) in [6.45, 7) is 1.81. The number of benzene rings is 1. The number of nitrogens with zero attached hydrogens (tertiary/aromatic N) is 4. The van der Waals surface area contributed by atoms with Crippen molar-refractivity contribution in [3.8, 4) is 0 Å². The van der Waals surface area contributed by atoms with Crippen LogP contribution in [-0.2, 0) is 22.4 Å². The maximum atomic E-state index is 14.0. The number of aromatic nitrogens is 1. The van der Waals surface area contributed by atoms with Crippen LogP contribution in [0.4, 0.5) is 10.2 Å². The van der Waals surface area contributed by atoms with Crippen LogP contribution in [0, 0.1) is 5.82 Å². The van der Waals surface area contributed by atoms with Gasteiger partial charge in [-0.2, -0.15) is 0 Å². The molecule has 1 aromatic heterocycles. The van der Waals surface area contributed by atoms with E-state index in [1.165, 1.54) is 6.07 Å². The van der Waals surface area contributed by atoms with Crippen LogP contribution in [0.3, 0.4) is 0 Å². The molecule has 1 aliphatic rings. The topological polar surface area (TPSA) is 56.8 Å². The zero-order valence-corrected chi connectivity index (χ0v) is 17.7. The molecule has 0 saturated carbocycles. The quantitative estimate of drug-likeness (QED) is 0.761. The molecule has 7 heteroatoms. The second-order valence-corrected chi connectivity index (χ2v) is 7.76. The predicted octanol–water partition coefficient (Wildman–Crippen LogP) is 2.52. The fourth-order valence-corrected chi connectivity index (χ4v) is 3.55. The Bertz CT molecular complexity index is 889. The highest BCUT2D eigenvalue weighted by Crippen LogP contribution is 2.14. The van der Waals surface area contributed by atoms with Gasteiger partial charge in [0.1, 0.15) is 11.6 Å². The molecule has 0 spiro atoms. The SMILES string of the molecule is CN1CCCN(C)c2cccc(n2)CCCN(C(=O)Cc2ccccc2F)CC1=O. The van der Waals surface area contributed by atoms with Crippen molar-refractivity contribution in [2.45, 2.75) is 25.7 Å². The van der Waals surface area contributed by atoms with Gasteiger partial charge < -0.3 is 14.7 Å². The van der Waals surface area contributed by atoms with Crippen LogP contribution in [0.2, 0.25) is 0 Å². The van der Waals surface area contributed by atoms with Gasteiger partial charge in [0, 0.05) is 39.4 Å². The molecular formula is C23H29FN4O2. The molecule has 0 fully saturated rings. The van der Waals surface area contributed by atoms with Crippen LogP contribution in [0.1, 0.15) is 24.1 Å². The fourth-order valence-electron chi connectivity index (χ4n) is 3.55. The normalized spacial score (nSPS) is 16.4. The van der Waals surface area contributed by atoms with Crippen molar-refractivity contribution in [3.63, 3.8) is 0 Å². The summed E-state index contributed by atoms with van der Waals surface area (Å²) in [5.41, 5.74) is 1.31. The summed E-state index contributed by atoms with van der Waals surface area (Å²) in [6.07, 6.45) is 2.13. The molecule has 0 unspecified atom stereocenters. The Balaban J connectivity index is 1.76. The lowest BCUT2D eigenvalue weighted by Crippen LogP contribution is -2.43. The summed E-state index contributed by atoms with van der Waals surface area (Å²) in [6, 6.07) is 12.2. The molecule has 1 aromatic carbocycles. The number of hydrogen-bond donors (Lipinski definition) is 0. The Morgan fingerprint density at radius 2 is 1.77 bits per heavy atom. The minimum absolute atomic E-state index is 0.00704. The first-order chi connectivity index (χ1) is 14.4. The van der Waals surface area contributed by atoms with E-state index in [9.17, 15) is 14.0 Å². The van der Waals surface area contributed by atoms with E-state index < -0.39 is 5.82 Å². The van der Waals surface area contributed by atoms with Crippen LogP contribution in [0.15, 0.2) is 42.5 Å². The summed E-state index contributed by atoms with van der Waals surface area (Å²) in [5, 5.41) is 0. The molecule has 6 nitrogen and oxygen atoms in total. The number of fused-ring (bicyclic) bond motifs is 2. The van der Waals surface area contributed by atoms with Crippen molar-refractivity contribution < 1.29 is 14.0 Å². The highest BCUT2D eigenvalue weighted by atomic mass is 19.1. The Morgan fingerprint density at radius 3 is 2.57 bits per heavy atom. The first-order valence-corrected chi connectivity index (χ1v) is 10.4. The van der Waals surface area contributed by atoms with E-state index in [1.54, 1.807) is 35.0 Å². The summed E-state index contributed by atoms with van der Waals surface area (Å²) < 4.78 is 14.0. The second-order valence-electron chi connectivity index (χ2n) is 7.76. The maximum absolute atomic E-state index is 14.0. The lowest BCUT2D eigenvalue weighted by Gasteiger charge is -2.27. The number of carbonyl (C=O) groups excluding carboxylic acids is 2. The molecule has 0 atom stereocenters. The Morgan fingerprint density at radius 1 is 1.00 bits per heavy atom. The van der Waals surface area contributed by atoms with Gasteiger partial charge in [0.25, 0.3) is 0 Å². The number of anilines is 1. The van der Waals surface area contributed by atoms with Crippen LogP contribution in [0.25, 0.3) is 0 Å². The second kappa shape index (κ2) is 10.2. The minimum Gasteiger partial charge on any atom is -0.360 e. The van der Waals surface area contributed by atoms with Gasteiger partial charge in [0.2, 0.25) is 11.8 Å². The van der Waals surface area contributed by atoms with Crippen LogP contribution < -0.4 is 4.90 Å². The van der Waals surface area contributed by atoms with Gasteiger partial charge in [-0.1, -0.05) is 24.3 Å². The monoisotopic (exact) mass is 412 g/mol. The van der Waals surface area contributed by atoms with Crippen molar-refractivity contribution in [3.05, 3.63) is 59.5 Å². The Labute approximate surface area is 177 Å². The van der Waals surface area contributed by atoms with Crippen LogP contribution >= 0.6 is 0 Å². The predicted molar refractivity (Wildman–Crippen MR) is 115 cm³/mol. The number of amides is 2. The van der Waals surface area contributed by atoms with E-state index >= 15 is 0 Å². The van der Waals surface area contributed by atoms with Gasteiger partial charge >= 0.3 is 0 Å². The van der Waals surface area contributed by atoms with Crippen LogP contribution in [0.5, 0.6) is 0 Å². The zero-order valence-electron chi connectivity index (χ0n) is 17.7. The molecule has 0 N–H and O–H groups in total. The number of pyridine rings is 1. The van der Waals surface area contributed by atoms with E-state index in [2.05, 4.69) is 4.90 Å². The zero-order chi connectivity index (χ0) is 21.5. The number of likely N-dealkylation sites (N-methyl/N-ethyl adjacent to an activating group) is 1. The summed E-state index contributed by atoms with van der Waals surface area (Å²) >= 11 is 0. The van der Waals surface area contributed by atoms with Gasteiger partial charge in [0.15, 0.2) is 0 Å². The van der Waals surface area contributed by atoms with Gasteiger partial charge in [-0.15, -0.1) is 0 Å². The number of aryl methyl sites for hydroxylation is 1. The van der Waals surface area contributed by atoms with Crippen molar-refractivity contribution in [1.82, 2.24) is 14.8 Å². The van der Waals surface area contributed by atoms with Crippen LogP contribution in [-0.4, -0.2) is 66.9 Å². The smallest absolute Gasteiger partial charge is 0.241 e. The molecule has 3 rings (SSSR count). The first kappa shape index (κ1) is 21.7. The highest BCUT2D eigenvalue weighted by molar-refractivity contribution is 5.85. The molecule has 0 saturated heterocycles. The van der Waals surface area contributed by atoms with Gasteiger partial charge in [0.05, 0.1) is 13.0 Å². The van der Waals surface area contributed by atoms with Gasteiger partial charge in [-0.3, -0.25) is 9.59 Å². The summed E-state index contributed by atoms with van der Waals surface area (Å²) in [7, 11) is 3.76. The summed E-state index contributed by atoms with van der Waals surface area (Å²) in [4.78, 5) is 35.6. The standard InChI is InChI=1S/C23H29FN4O2/c1-26-13-7-14-27(2)23(30)17-28(15-6-10-19-9-5-12-21(26)25-19)22(29)16-18-8-3-4-11-20(18)24/h3-5,8-9,11-12H,6-7,10,13-17H2,1-2H3. The average Bonchev–Trinajstić information content (AvgIpc) is 2.74. The lowest BCUT2D eigenvalue weighted by molar-refractivity contribution is -0.139. The first-order valence-electron chi connectivity index (χ1n) is 10.4. The lowest BCUT2D eigenvalue weighted by atomic mass is 10.1. The van der Waals surface area contributed by atoms with Crippen molar-refractivity contribution in [1.29, 1.82) is 0 Å². The van der Waals surface area contributed by atoms with Crippen molar-refractivity contribution in [2.75, 3.05) is 45.2 Å². The number of carbonyl (C=O) groups is 2. The summed E-state index contributed by atoms with van der Waals surface area (Å²) in [5.74, 6) is 0.163. The minimum atomic E-state index is -0.401. The molecule has 0 radical (unpaired) electrons. The largest absolute Gasteiger partial charge is 0.360 e. The molecule has 1 aliphatic heterocycles. The molecule has 30 heavy (non-hydrogen) atoms. The van der Waals surface area contributed by atoms with Crippen molar-refractivity contribution >= 4 is 17.6 Å². The van der Waals surface area contributed by atoms with Gasteiger partial charge in [-0.05, 0) is 43.0 Å². The fraction of sp³-hybridized carbons (Fsp3) is 0.435. The van der Waals surface area contributed by atoms with Crippen molar-refractivity contribution in [2.24, 2.45) is 0 Å². The molecule has 2 heterocycles. The number of hydrogen-bond acceptors (Lipinski definition) is 4.